The monoisotopic (exact) mass is 277 g/mol. The minimum absolute atomic E-state index is 0.148. The fraction of sp³-hybridized carbons (Fsp3) is 0.533. The van der Waals surface area contributed by atoms with Crippen molar-refractivity contribution in [3.05, 3.63) is 29.3 Å². The number of oxime groups is 1. The molecule has 0 saturated carbocycles. The molecule has 0 aromatic heterocycles. The summed E-state index contributed by atoms with van der Waals surface area (Å²) in [6.07, 6.45) is 2.50. The molecule has 3 N–H and O–H groups in total. The quantitative estimate of drug-likeness (QED) is 0.374. The number of nitrogens with two attached hydrogens (primary N) is 1. The van der Waals surface area contributed by atoms with E-state index in [-0.39, 0.29) is 11.9 Å². The lowest BCUT2D eigenvalue weighted by Gasteiger charge is -2.28. The summed E-state index contributed by atoms with van der Waals surface area (Å²) >= 11 is 0. The van der Waals surface area contributed by atoms with E-state index in [1.165, 1.54) is 0 Å². The molecule has 1 aliphatic heterocycles. The van der Waals surface area contributed by atoms with Gasteiger partial charge in [-0.3, -0.25) is 0 Å². The van der Waals surface area contributed by atoms with Crippen molar-refractivity contribution in [3.63, 3.8) is 0 Å². The Bertz CT molecular complexity index is 482. The number of rotatable bonds is 5. The Labute approximate surface area is 120 Å². The van der Waals surface area contributed by atoms with Crippen molar-refractivity contribution in [1.82, 2.24) is 0 Å². The van der Waals surface area contributed by atoms with E-state index in [0.29, 0.717) is 0 Å². The van der Waals surface area contributed by atoms with Gasteiger partial charge in [-0.05, 0) is 38.8 Å². The number of ether oxygens (including phenoxy) is 1. The number of hydrogen-bond donors (Lipinski definition) is 2. The zero-order valence-corrected chi connectivity index (χ0v) is 12.2. The fourth-order valence-corrected chi connectivity index (χ4v) is 2.62. The number of anilines is 1. The minimum Gasteiger partial charge on any atom is -0.409 e. The van der Waals surface area contributed by atoms with Gasteiger partial charge in [-0.15, -0.1) is 0 Å². The molecular weight excluding hydrogens is 254 g/mol. The summed E-state index contributed by atoms with van der Waals surface area (Å²) in [6, 6.07) is 6.02. The van der Waals surface area contributed by atoms with Gasteiger partial charge in [0.15, 0.2) is 5.84 Å². The molecule has 1 fully saturated rings. The van der Waals surface area contributed by atoms with Crippen LogP contribution in [-0.2, 0) is 4.74 Å². The van der Waals surface area contributed by atoms with Crippen LogP contribution in [0.25, 0.3) is 0 Å². The van der Waals surface area contributed by atoms with E-state index in [0.717, 1.165) is 49.4 Å². The van der Waals surface area contributed by atoms with Crippen LogP contribution < -0.4 is 10.6 Å². The Morgan fingerprint density at radius 1 is 1.55 bits per heavy atom. The average molecular weight is 277 g/mol. The zero-order valence-electron chi connectivity index (χ0n) is 12.2. The van der Waals surface area contributed by atoms with Gasteiger partial charge in [-0.1, -0.05) is 16.8 Å². The second-order valence-electron chi connectivity index (χ2n) is 5.18. The first kappa shape index (κ1) is 14.7. The van der Waals surface area contributed by atoms with Crippen LogP contribution >= 0.6 is 0 Å². The average Bonchev–Trinajstić information content (AvgIpc) is 2.97. The number of aryl methyl sites for hydroxylation is 1. The molecule has 110 valence electrons. The molecule has 0 radical (unpaired) electrons. The van der Waals surface area contributed by atoms with Gasteiger partial charge in [0, 0.05) is 30.9 Å². The molecule has 1 aromatic rings. The first-order valence-electron chi connectivity index (χ1n) is 7.10. The first-order chi connectivity index (χ1) is 9.65. The van der Waals surface area contributed by atoms with Gasteiger partial charge in [-0.2, -0.15) is 0 Å². The van der Waals surface area contributed by atoms with Gasteiger partial charge < -0.3 is 20.6 Å². The Hall–Kier alpha value is -1.75. The van der Waals surface area contributed by atoms with E-state index in [4.69, 9.17) is 15.7 Å². The number of nitrogens with zero attached hydrogens (tertiary/aromatic N) is 2. The van der Waals surface area contributed by atoms with Crippen LogP contribution in [0.5, 0.6) is 0 Å². The van der Waals surface area contributed by atoms with Crippen molar-refractivity contribution in [2.45, 2.75) is 32.8 Å². The smallest absolute Gasteiger partial charge is 0.172 e. The van der Waals surface area contributed by atoms with E-state index < -0.39 is 0 Å². The molecule has 1 heterocycles. The van der Waals surface area contributed by atoms with Crippen LogP contribution in [0.4, 0.5) is 5.69 Å². The summed E-state index contributed by atoms with van der Waals surface area (Å²) in [5.41, 5.74) is 8.65. The van der Waals surface area contributed by atoms with Crippen LogP contribution in [0.2, 0.25) is 0 Å². The largest absolute Gasteiger partial charge is 0.409 e. The standard InChI is InChI=1S/C15H23N3O2/c1-3-18(10-12-5-4-8-20-12)14-7-6-11(2)9-13(14)15(16)17-19/h6-7,9,12,19H,3-5,8,10H2,1-2H3,(H2,16,17). The van der Waals surface area contributed by atoms with Gasteiger partial charge in [0.25, 0.3) is 0 Å². The molecule has 1 saturated heterocycles. The van der Waals surface area contributed by atoms with E-state index >= 15 is 0 Å². The van der Waals surface area contributed by atoms with Crippen LogP contribution in [-0.4, -0.2) is 36.8 Å². The molecule has 0 bridgehead atoms. The summed E-state index contributed by atoms with van der Waals surface area (Å²) in [4.78, 5) is 2.22. The van der Waals surface area contributed by atoms with Crippen molar-refractivity contribution in [3.8, 4) is 0 Å². The highest BCUT2D eigenvalue weighted by Gasteiger charge is 2.21. The van der Waals surface area contributed by atoms with Gasteiger partial charge in [-0.25, -0.2) is 0 Å². The highest BCUT2D eigenvalue weighted by Crippen LogP contribution is 2.24. The lowest BCUT2D eigenvalue weighted by Crippen LogP contribution is -2.33. The third-order valence-corrected chi connectivity index (χ3v) is 3.71. The predicted octanol–water partition coefficient (Wildman–Crippen LogP) is 2.09. The lowest BCUT2D eigenvalue weighted by atomic mass is 10.1. The van der Waals surface area contributed by atoms with Crippen LogP contribution in [0.3, 0.4) is 0 Å². The maximum atomic E-state index is 8.96. The van der Waals surface area contributed by atoms with E-state index in [1.54, 1.807) is 0 Å². The topological polar surface area (TPSA) is 71.1 Å². The van der Waals surface area contributed by atoms with E-state index in [9.17, 15) is 0 Å². The lowest BCUT2D eigenvalue weighted by molar-refractivity contribution is 0.115. The minimum atomic E-state index is 0.148. The predicted molar refractivity (Wildman–Crippen MR) is 80.6 cm³/mol. The molecule has 1 aliphatic rings. The van der Waals surface area contributed by atoms with Crippen LogP contribution in [0.15, 0.2) is 23.4 Å². The van der Waals surface area contributed by atoms with Crippen molar-refractivity contribution >= 4 is 11.5 Å². The second kappa shape index (κ2) is 6.61. The molecule has 1 unspecified atom stereocenters. The van der Waals surface area contributed by atoms with Crippen molar-refractivity contribution in [2.75, 3.05) is 24.6 Å². The zero-order chi connectivity index (χ0) is 14.5. The van der Waals surface area contributed by atoms with E-state index in [2.05, 4.69) is 17.0 Å². The molecule has 0 aliphatic carbocycles. The third-order valence-electron chi connectivity index (χ3n) is 3.71. The molecule has 1 aromatic carbocycles. The molecule has 0 amide bonds. The molecule has 2 rings (SSSR count). The van der Waals surface area contributed by atoms with Gasteiger partial charge in [0.1, 0.15) is 0 Å². The third kappa shape index (κ3) is 3.22. The number of likely N-dealkylation sites (N-methyl/N-ethyl adjacent to an activating group) is 1. The maximum absolute atomic E-state index is 8.96. The van der Waals surface area contributed by atoms with Crippen LogP contribution in [0.1, 0.15) is 30.9 Å². The number of benzene rings is 1. The van der Waals surface area contributed by atoms with Gasteiger partial charge in [0.05, 0.1) is 6.10 Å². The number of amidine groups is 1. The molecule has 5 nitrogen and oxygen atoms in total. The fourth-order valence-electron chi connectivity index (χ4n) is 2.62. The summed E-state index contributed by atoms with van der Waals surface area (Å²) in [5.74, 6) is 0.148. The summed E-state index contributed by atoms with van der Waals surface area (Å²) in [7, 11) is 0. The molecular formula is C15H23N3O2. The SMILES string of the molecule is CCN(CC1CCCO1)c1ccc(C)cc1/C(N)=N/O. The molecule has 0 spiro atoms. The Balaban J connectivity index is 2.28. The molecule has 5 heteroatoms. The maximum Gasteiger partial charge on any atom is 0.172 e. The van der Waals surface area contributed by atoms with Crippen LogP contribution in [0, 0.1) is 6.92 Å². The normalized spacial score (nSPS) is 19.3. The highest BCUT2D eigenvalue weighted by atomic mass is 16.5. The Morgan fingerprint density at radius 3 is 2.95 bits per heavy atom. The van der Waals surface area contributed by atoms with Crippen molar-refractivity contribution in [1.29, 1.82) is 0 Å². The molecule has 20 heavy (non-hydrogen) atoms. The van der Waals surface area contributed by atoms with Gasteiger partial charge in [0.2, 0.25) is 0 Å². The van der Waals surface area contributed by atoms with E-state index in [1.807, 2.05) is 25.1 Å². The second-order valence-corrected chi connectivity index (χ2v) is 5.18. The Morgan fingerprint density at radius 2 is 2.35 bits per heavy atom. The Kier molecular flexibility index (Phi) is 4.84. The highest BCUT2D eigenvalue weighted by molar-refractivity contribution is 6.02. The van der Waals surface area contributed by atoms with Gasteiger partial charge >= 0.3 is 0 Å². The summed E-state index contributed by atoms with van der Waals surface area (Å²) in [5, 5.41) is 12.1. The summed E-state index contributed by atoms with van der Waals surface area (Å²) < 4.78 is 5.70. The van der Waals surface area contributed by atoms with Crippen molar-refractivity contribution < 1.29 is 9.94 Å². The number of hydrogen-bond acceptors (Lipinski definition) is 4. The summed E-state index contributed by atoms with van der Waals surface area (Å²) in [6.45, 7) is 6.64. The van der Waals surface area contributed by atoms with Crippen molar-refractivity contribution in [2.24, 2.45) is 10.9 Å². The first-order valence-corrected chi connectivity index (χ1v) is 7.10. The molecule has 1 atom stereocenters.